The smallest absolute Gasteiger partial charge is 0.148 e. The van der Waals surface area contributed by atoms with E-state index in [0.717, 1.165) is 22.5 Å². The van der Waals surface area contributed by atoms with Crippen molar-refractivity contribution in [2.24, 2.45) is 0 Å². The number of aromatic nitrogens is 4. The average molecular weight is 532 g/mol. The van der Waals surface area contributed by atoms with Crippen molar-refractivity contribution < 1.29 is 14.0 Å². The largest absolute Gasteiger partial charge is 0.497 e. The molecule has 0 unspecified atom stereocenters. The van der Waals surface area contributed by atoms with Crippen molar-refractivity contribution in [3.8, 4) is 5.75 Å². The maximum atomic E-state index is 12.7. The van der Waals surface area contributed by atoms with Crippen molar-refractivity contribution in [1.29, 1.82) is 0 Å². The summed E-state index contributed by atoms with van der Waals surface area (Å²) in [6.07, 6.45) is 1.75. The van der Waals surface area contributed by atoms with E-state index in [0.29, 0.717) is 46.8 Å². The Morgan fingerprint density at radius 1 is 1.17 bits per heavy atom. The van der Waals surface area contributed by atoms with Gasteiger partial charge in [0.05, 0.1) is 29.2 Å². The van der Waals surface area contributed by atoms with Gasteiger partial charge in [0.2, 0.25) is 0 Å². The third-order valence-corrected chi connectivity index (χ3v) is 8.82. The monoisotopic (exact) mass is 531 g/mol. The van der Waals surface area contributed by atoms with Gasteiger partial charge in [0.15, 0.2) is 0 Å². The Morgan fingerprint density at radius 2 is 1.94 bits per heavy atom. The maximum Gasteiger partial charge on any atom is 0.148 e. The topological polar surface area (TPSA) is 91.2 Å². The van der Waals surface area contributed by atoms with Crippen molar-refractivity contribution in [2.75, 3.05) is 32.4 Å². The number of nitrogens with zero attached hydrogens (tertiary/aromatic N) is 4. The van der Waals surface area contributed by atoms with Gasteiger partial charge in [-0.1, -0.05) is 31.2 Å². The minimum absolute atomic E-state index is 0.325. The average Bonchev–Trinajstić information content (AvgIpc) is 3.08. The molecule has 0 bridgehead atoms. The first-order valence-electron chi connectivity index (χ1n) is 11.4. The molecule has 8 nitrogen and oxygen atoms in total. The van der Waals surface area contributed by atoms with Crippen LogP contribution in [-0.2, 0) is 16.0 Å². The molecule has 4 aromatic rings. The molecule has 0 saturated carbocycles. The van der Waals surface area contributed by atoms with Gasteiger partial charge >= 0.3 is 0 Å². The molecular formula is C24H31ClN5O3PSi. The molecule has 0 fully saturated rings. The zero-order chi connectivity index (χ0) is 25.4. The highest BCUT2D eigenvalue weighted by Crippen LogP contribution is 2.38. The summed E-state index contributed by atoms with van der Waals surface area (Å²) < 4.78 is 26.2. The predicted molar refractivity (Wildman–Crippen MR) is 147 cm³/mol. The summed E-state index contributed by atoms with van der Waals surface area (Å²) in [5.74, 6) is 1.06. The fraction of sp³-hybridized carbons (Fsp3) is 0.375. The highest BCUT2D eigenvalue weighted by Gasteiger charge is 2.20. The zero-order valence-corrected chi connectivity index (χ0v) is 23.6. The van der Waals surface area contributed by atoms with Gasteiger partial charge in [0.1, 0.15) is 41.7 Å². The minimum Gasteiger partial charge on any atom is -0.497 e. The molecule has 0 aliphatic rings. The first-order chi connectivity index (χ1) is 16.5. The fourth-order valence-corrected chi connectivity index (χ4v) is 5.43. The first kappa shape index (κ1) is 25.6. The molecule has 11 heteroatoms. The van der Waals surface area contributed by atoms with Crippen LogP contribution in [0.4, 0.5) is 11.5 Å². The van der Waals surface area contributed by atoms with E-state index in [1.807, 2.05) is 16.7 Å². The molecule has 4 heterocycles. The lowest BCUT2D eigenvalue weighted by molar-refractivity contribution is 0.0926. The van der Waals surface area contributed by atoms with Crippen molar-refractivity contribution in [1.82, 2.24) is 19.5 Å². The summed E-state index contributed by atoms with van der Waals surface area (Å²) in [5.41, 5.74) is 3.52. The summed E-state index contributed by atoms with van der Waals surface area (Å²) in [5, 5.41) is 4.47. The molecule has 4 aromatic heterocycles. The molecule has 0 spiro atoms. The highest BCUT2D eigenvalue weighted by atomic mass is 35.5. The number of hydrogen-bond acceptors (Lipinski definition) is 7. The number of hydrogen-bond donors (Lipinski definition) is 1. The molecule has 186 valence electrons. The van der Waals surface area contributed by atoms with Crippen molar-refractivity contribution in [2.45, 2.75) is 32.4 Å². The van der Waals surface area contributed by atoms with E-state index in [2.05, 4.69) is 39.9 Å². The Morgan fingerprint density at radius 3 is 2.63 bits per heavy atom. The number of fused-ring (bicyclic) bond motifs is 3. The molecule has 0 aliphatic heterocycles. The molecular weight excluding hydrogens is 501 g/mol. The van der Waals surface area contributed by atoms with Crippen LogP contribution in [0.2, 0.25) is 30.8 Å². The second-order valence-corrected chi connectivity index (χ2v) is 19.2. The van der Waals surface area contributed by atoms with Gasteiger partial charge in [-0.2, -0.15) is 0 Å². The van der Waals surface area contributed by atoms with Crippen LogP contribution < -0.4 is 15.5 Å². The SMILES string of the molecule is COc1cc(Nc2cc(Cl)nc3c2c2ncccc2n3COCC[Si](C)(C)C)nc(P(C)(C)=O)c1. The van der Waals surface area contributed by atoms with Crippen molar-refractivity contribution in [3.05, 3.63) is 41.7 Å². The summed E-state index contributed by atoms with van der Waals surface area (Å²) in [7, 11) is -2.24. The van der Waals surface area contributed by atoms with E-state index in [9.17, 15) is 4.57 Å². The molecule has 0 amide bonds. The normalized spacial score (nSPS) is 12.4. The van der Waals surface area contributed by atoms with Crippen LogP contribution in [0.5, 0.6) is 5.75 Å². The van der Waals surface area contributed by atoms with Gasteiger partial charge < -0.3 is 19.4 Å². The molecule has 0 saturated heterocycles. The quantitative estimate of drug-likeness (QED) is 0.123. The molecule has 4 rings (SSSR count). The standard InChI is InChI=1S/C24H31ClN5O3PSi/c1-32-16-12-20(29-21(13-16)34(2,3)31)27-17-14-19(25)28-24-22(17)23-18(8-7-9-26-23)30(24)15-33-10-11-35(4,5)6/h7-9,12-14H,10-11,15H2,1-6H3,(H,27,28,29). The van der Waals surface area contributed by atoms with Crippen LogP contribution in [0.15, 0.2) is 36.5 Å². The van der Waals surface area contributed by atoms with Crippen LogP contribution in [0.1, 0.15) is 0 Å². The van der Waals surface area contributed by atoms with E-state index < -0.39 is 15.2 Å². The van der Waals surface area contributed by atoms with Crippen LogP contribution in [-0.4, -0.2) is 54.6 Å². The Hall–Kier alpha value is -2.45. The number of rotatable bonds is 9. The van der Waals surface area contributed by atoms with E-state index in [4.69, 9.17) is 21.1 Å². The second-order valence-electron chi connectivity index (χ2n) is 10.1. The molecule has 35 heavy (non-hydrogen) atoms. The third-order valence-electron chi connectivity index (χ3n) is 5.59. The number of ether oxygens (including phenoxy) is 2. The van der Waals surface area contributed by atoms with Gasteiger partial charge in [-0.15, -0.1) is 0 Å². The molecule has 0 aliphatic carbocycles. The Balaban J connectivity index is 1.80. The lowest BCUT2D eigenvalue weighted by Gasteiger charge is -2.16. The van der Waals surface area contributed by atoms with Gasteiger partial charge in [-0.25, -0.2) is 9.97 Å². The maximum absolute atomic E-state index is 12.7. The van der Waals surface area contributed by atoms with Gasteiger partial charge in [0.25, 0.3) is 0 Å². The van der Waals surface area contributed by atoms with Crippen LogP contribution in [0, 0.1) is 0 Å². The number of pyridine rings is 3. The number of halogens is 1. The number of nitrogens with one attached hydrogen (secondary N) is 1. The van der Waals surface area contributed by atoms with Gasteiger partial charge in [-0.3, -0.25) is 9.55 Å². The Bertz CT molecular complexity index is 1430. The molecule has 0 radical (unpaired) electrons. The highest BCUT2D eigenvalue weighted by molar-refractivity contribution is 7.69. The summed E-state index contributed by atoms with van der Waals surface area (Å²) in [4.78, 5) is 13.8. The van der Waals surface area contributed by atoms with Gasteiger partial charge in [0, 0.05) is 33.0 Å². The second kappa shape index (κ2) is 9.89. The third kappa shape index (κ3) is 5.86. The minimum atomic E-state index is -2.61. The predicted octanol–water partition coefficient (Wildman–Crippen LogP) is 5.95. The Labute approximate surface area is 211 Å². The van der Waals surface area contributed by atoms with Crippen LogP contribution in [0.25, 0.3) is 22.1 Å². The van der Waals surface area contributed by atoms with Crippen molar-refractivity contribution >= 4 is 65.8 Å². The number of methoxy groups -OCH3 is 1. The lowest BCUT2D eigenvalue weighted by atomic mass is 10.2. The Kier molecular flexibility index (Phi) is 7.25. The van der Waals surface area contributed by atoms with E-state index >= 15 is 0 Å². The first-order valence-corrected chi connectivity index (χ1v) is 18.0. The molecule has 0 aromatic carbocycles. The molecule has 1 N–H and O–H groups in total. The van der Waals surface area contributed by atoms with Crippen LogP contribution >= 0.6 is 18.7 Å². The van der Waals surface area contributed by atoms with E-state index in [-0.39, 0.29) is 0 Å². The van der Waals surface area contributed by atoms with E-state index in [1.165, 1.54) is 0 Å². The van der Waals surface area contributed by atoms with Gasteiger partial charge in [-0.05, 0) is 37.6 Å². The van der Waals surface area contributed by atoms with Crippen LogP contribution in [0.3, 0.4) is 0 Å². The van der Waals surface area contributed by atoms with E-state index in [1.54, 1.807) is 44.8 Å². The van der Waals surface area contributed by atoms with Crippen molar-refractivity contribution in [3.63, 3.8) is 0 Å². The number of anilines is 2. The summed E-state index contributed by atoms with van der Waals surface area (Å²) in [6, 6.07) is 10.2. The summed E-state index contributed by atoms with van der Waals surface area (Å²) >= 11 is 6.46. The molecule has 0 atom stereocenters. The fourth-order valence-electron chi connectivity index (χ4n) is 3.70. The lowest BCUT2D eigenvalue weighted by Crippen LogP contribution is -2.22. The zero-order valence-electron chi connectivity index (χ0n) is 20.9. The summed E-state index contributed by atoms with van der Waals surface area (Å²) in [6.45, 7) is 11.4.